The fourth-order valence-electron chi connectivity index (χ4n) is 3.28. The molecule has 0 spiro atoms. The molecule has 1 N–H and O–H groups in total. The molecular weight excluding hydrogens is 465 g/mol. The average molecular weight is 481 g/mol. The van der Waals surface area contributed by atoms with Gasteiger partial charge in [0.2, 0.25) is 0 Å². The van der Waals surface area contributed by atoms with E-state index in [9.17, 15) is 22.8 Å². The summed E-state index contributed by atoms with van der Waals surface area (Å²) in [5, 5.41) is 0.517. The van der Waals surface area contributed by atoms with Crippen molar-refractivity contribution in [3.8, 4) is 17.5 Å². The molecule has 0 atom stereocenters. The Balaban J connectivity index is 1.84. The number of benzene rings is 2. The average Bonchev–Trinajstić information content (AvgIpc) is 3.04. The number of aromatic nitrogens is 4. The molecule has 8 nitrogen and oxygen atoms in total. The van der Waals surface area contributed by atoms with E-state index in [1.54, 1.807) is 31.2 Å². The lowest BCUT2D eigenvalue weighted by Gasteiger charge is -2.13. The van der Waals surface area contributed by atoms with Gasteiger partial charge in [0.1, 0.15) is 11.5 Å². The second-order valence-corrected chi connectivity index (χ2v) is 7.67. The van der Waals surface area contributed by atoms with Crippen LogP contribution in [0.5, 0.6) is 17.5 Å². The summed E-state index contributed by atoms with van der Waals surface area (Å²) in [6.45, 7) is 1.68. The molecule has 0 amide bonds. The van der Waals surface area contributed by atoms with Gasteiger partial charge in [0.15, 0.2) is 11.2 Å². The summed E-state index contributed by atoms with van der Waals surface area (Å²) < 4.78 is 50.4. The molecule has 2 heterocycles. The van der Waals surface area contributed by atoms with Gasteiger partial charge >= 0.3 is 18.1 Å². The number of H-pyrrole nitrogens is 1. The number of alkyl halides is 3. The lowest BCUT2D eigenvalue weighted by molar-refractivity contribution is -0.274. The van der Waals surface area contributed by atoms with Gasteiger partial charge in [0.25, 0.3) is 5.56 Å². The van der Waals surface area contributed by atoms with Crippen molar-refractivity contribution in [2.45, 2.75) is 19.8 Å². The summed E-state index contributed by atoms with van der Waals surface area (Å²) >= 11 is 5.94. The molecule has 0 aliphatic rings. The Morgan fingerprint density at radius 3 is 2.42 bits per heavy atom. The zero-order valence-electron chi connectivity index (χ0n) is 17.2. The standard InChI is InChI=1S/C21H16ClF3N4O4/c1-11-7-14(9-15(8-11)33-21(23,24)25)32-20-26-17-16(18(30)27-19(31)28(17)2)29(20)10-12-3-5-13(22)6-4-12/h3-9H,10H2,1-2H3,(H,27,30,31). The van der Waals surface area contributed by atoms with E-state index in [0.29, 0.717) is 10.6 Å². The third kappa shape index (κ3) is 4.87. The minimum atomic E-state index is -4.88. The van der Waals surface area contributed by atoms with Crippen molar-refractivity contribution in [3.63, 3.8) is 0 Å². The topological polar surface area (TPSA) is 91.1 Å². The Labute approximate surface area is 188 Å². The Bertz CT molecular complexity index is 1460. The van der Waals surface area contributed by atoms with E-state index >= 15 is 0 Å². The van der Waals surface area contributed by atoms with E-state index < -0.39 is 23.4 Å². The van der Waals surface area contributed by atoms with Crippen molar-refractivity contribution in [1.29, 1.82) is 0 Å². The van der Waals surface area contributed by atoms with Crippen LogP contribution in [0.3, 0.4) is 0 Å². The first-order valence-corrected chi connectivity index (χ1v) is 9.87. The molecule has 2 aromatic carbocycles. The molecule has 0 saturated heterocycles. The first-order valence-electron chi connectivity index (χ1n) is 9.49. The monoisotopic (exact) mass is 480 g/mol. The quantitative estimate of drug-likeness (QED) is 0.464. The molecule has 172 valence electrons. The van der Waals surface area contributed by atoms with Gasteiger partial charge in [-0.1, -0.05) is 23.7 Å². The van der Waals surface area contributed by atoms with Gasteiger partial charge in [-0.15, -0.1) is 13.2 Å². The number of nitrogens with zero attached hydrogens (tertiary/aromatic N) is 3. The molecule has 0 bridgehead atoms. The van der Waals surface area contributed by atoms with E-state index in [1.165, 1.54) is 23.7 Å². The van der Waals surface area contributed by atoms with Crippen LogP contribution in [0.15, 0.2) is 52.1 Å². The van der Waals surface area contributed by atoms with E-state index in [1.807, 2.05) is 0 Å². The maximum Gasteiger partial charge on any atom is 0.573 e. The highest BCUT2D eigenvalue weighted by molar-refractivity contribution is 6.30. The van der Waals surface area contributed by atoms with Crippen molar-refractivity contribution < 1.29 is 22.6 Å². The molecule has 0 radical (unpaired) electrons. The number of rotatable bonds is 5. The van der Waals surface area contributed by atoms with Gasteiger partial charge < -0.3 is 9.47 Å². The molecule has 4 aromatic rings. The Kier molecular flexibility index (Phi) is 5.66. The minimum Gasteiger partial charge on any atom is -0.425 e. The molecule has 0 unspecified atom stereocenters. The number of fused-ring (bicyclic) bond motifs is 1. The third-order valence-corrected chi connectivity index (χ3v) is 4.95. The SMILES string of the molecule is Cc1cc(Oc2nc3c(c(=O)[nH]c(=O)n3C)n2Cc2ccc(Cl)cc2)cc(OC(F)(F)F)c1. The minimum absolute atomic E-state index is 0.00309. The van der Waals surface area contributed by atoms with Gasteiger partial charge in [-0.2, -0.15) is 4.98 Å². The number of hydrogen-bond donors (Lipinski definition) is 1. The molecule has 0 fully saturated rings. The second kappa shape index (κ2) is 8.32. The summed E-state index contributed by atoms with van der Waals surface area (Å²) in [5.74, 6) is -0.466. The molecule has 0 aliphatic heterocycles. The first-order chi connectivity index (χ1) is 15.5. The highest BCUT2D eigenvalue weighted by Gasteiger charge is 2.31. The Morgan fingerprint density at radius 1 is 1.09 bits per heavy atom. The number of ether oxygens (including phenoxy) is 2. The zero-order valence-corrected chi connectivity index (χ0v) is 18.0. The summed E-state index contributed by atoms with van der Waals surface area (Å²) in [4.78, 5) is 31.1. The van der Waals surface area contributed by atoms with Gasteiger partial charge in [-0.3, -0.25) is 18.9 Å². The van der Waals surface area contributed by atoms with Crippen LogP contribution in [0.2, 0.25) is 5.02 Å². The molecule has 0 aliphatic carbocycles. The van der Waals surface area contributed by atoms with Crippen LogP contribution in [0, 0.1) is 6.92 Å². The zero-order chi connectivity index (χ0) is 23.9. The number of aryl methyl sites for hydroxylation is 2. The van der Waals surface area contributed by atoms with E-state index in [0.717, 1.165) is 16.2 Å². The van der Waals surface area contributed by atoms with Crippen molar-refractivity contribution in [2.75, 3.05) is 0 Å². The lowest BCUT2D eigenvalue weighted by Crippen LogP contribution is -2.29. The lowest BCUT2D eigenvalue weighted by atomic mass is 10.2. The highest BCUT2D eigenvalue weighted by atomic mass is 35.5. The molecule has 12 heteroatoms. The molecule has 0 saturated carbocycles. The van der Waals surface area contributed by atoms with E-state index in [2.05, 4.69) is 14.7 Å². The van der Waals surface area contributed by atoms with Crippen molar-refractivity contribution in [2.24, 2.45) is 7.05 Å². The molecule has 2 aromatic heterocycles. The Hall–Kier alpha value is -3.73. The smallest absolute Gasteiger partial charge is 0.425 e. The van der Waals surface area contributed by atoms with Crippen molar-refractivity contribution in [1.82, 2.24) is 19.1 Å². The normalized spacial score (nSPS) is 11.7. The van der Waals surface area contributed by atoms with Crippen molar-refractivity contribution >= 4 is 22.8 Å². The maximum atomic E-state index is 12.7. The van der Waals surface area contributed by atoms with E-state index in [4.69, 9.17) is 16.3 Å². The number of imidazole rings is 1. The van der Waals surface area contributed by atoms with Gasteiger partial charge in [-0.25, -0.2) is 4.79 Å². The largest absolute Gasteiger partial charge is 0.573 e. The third-order valence-electron chi connectivity index (χ3n) is 4.69. The summed E-state index contributed by atoms with van der Waals surface area (Å²) in [7, 11) is 1.42. The number of halogens is 4. The number of aromatic amines is 1. The van der Waals surface area contributed by atoms with Crippen LogP contribution in [-0.2, 0) is 13.6 Å². The van der Waals surface area contributed by atoms with Crippen LogP contribution < -0.4 is 20.7 Å². The van der Waals surface area contributed by atoms with Crippen LogP contribution in [0.4, 0.5) is 13.2 Å². The first kappa shape index (κ1) is 22.5. The van der Waals surface area contributed by atoms with Gasteiger partial charge in [0, 0.05) is 18.1 Å². The fraction of sp³-hybridized carbons (Fsp3) is 0.190. The maximum absolute atomic E-state index is 12.7. The van der Waals surface area contributed by atoms with Crippen molar-refractivity contribution in [3.05, 3.63) is 79.5 Å². The Morgan fingerprint density at radius 2 is 1.76 bits per heavy atom. The number of nitrogens with one attached hydrogen (secondary N) is 1. The summed E-state index contributed by atoms with van der Waals surface area (Å²) in [6.07, 6.45) is -4.88. The summed E-state index contributed by atoms with van der Waals surface area (Å²) in [5.41, 5.74) is -0.0746. The van der Waals surface area contributed by atoms with Crippen LogP contribution in [-0.4, -0.2) is 25.5 Å². The predicted octanol–water partition coefficient (Wildman–Crippen LogP) is 4.12. The molecular formula is C21H16ClF3N4O4. The molecule has 4 rings (SSSR count). The highest BCUT2D eigenvalue weighted by Crippen LogP contribution is 2.31. The number of hydrogen-bond acceptors (Lipinski definition) is 5. The molecule has 33 heavy (non-hydrogen) atoms. The van der Waals surface area contributed by atoms with Crippen LogP contribution in [0.25, 0.3) is 11.2 Å². The van der Waals surface area contributed by atoms with E-state index in [-0.39, 0.29) is 29.5 Å². The fourth-order valence-corrected chi connectivity index (χ4v) is 3.41. The van der Waals surface area contributed by atoms with Crippen LogP contribution in [0.1, 0.15) is 11.1 Å². The second-order valence-electron chi connectivity index (χ2n) is 7.23. The van der Waals surface area contributed by atoms with Crippen LogP contribution >= 0.6 is 11.6 Å². The predicted molar refractivity (Wildman–Crippen MR) is 114 cm³/mol. The van der Waals surface area contributed by atoms with Gasteiger partial charge in [-0.05, 0) is 42.3 Å². The van der Waals surface area contributed by atoms with Gasteiger partial charge in [0.05, 0.1) is 6.54 Å². The summed E-state index contributed by atoms with van der Waals surface area (Å²) in [6, 6.07) is 10.4.